The minimum absolute atomic E-state index is 0.280. The highest BCUT2D eigenvalue weighted by Crippen LogP contribution is 2.39. The van der Waals surface area contributed by atoms with Gasteiger partial charge in [-0.2, -0.15) is 0 Å². The monoisotopic (exact) mass is 310 g/mol. The van der Waals surface area contributed by atoms with Crippen LogP contribution in [0.15, 0.2) is 60.7 Å². The van der Waals surface area contributed by atoms with E-state index in [1.165, 1.54) is 11.8 Å². The second kappa shape index (κ2) is 6.47. The summed E-state index contributed by atoms with van der Waals surface area (Å²) in [5.41, 5.74) is 1.60. The van der Waals surface area contributed by atoms with E-state index in [-0.39, 0.29) is 5.78 Å². The molecular formula is C15H12Cl2OS. The van der Waals surface area contributed by atoms with Gasteiger partial charge < -0.3 is 0 Å². The topological polar surface area (TPSA) is 17.1 Å². The van der Waals surface area contributed by atoms with Crippen molar-refractivity contribution in [1.29, 1.82) is 0 Å². The van der Waals surface area contributed by atoms with Gasteiger partial charge in [-0.15, -0.1) is 11.8 Å². The van der Waals surface area contributed by atoms with Crippen LogP contribution < -0.4 is 0 Å². The molecule has 0 bridgehead atoms. The number of carbonyl (C=O) groups excluding carboxylic acids is 1. The maximum absolute atomic E-state index is 12.2. The Labute approximate surface area is 126 Å². The number of carbonyl (C=O) groups is 1. The summed E-state index contributed by atoms with van der Waals surface area (Å²) < 4.78 is -1.46. The highest BCUT2D eigenvalue weighted by atomic mass is 35.5. The molecule has 2 aromatic carbocycles. The van der Waals surface area contributed by atoms with Crippen LogP contribution in [-0.2, 0) is 5.75 Å². The van der Waals surface area contributed by atoms with Crippen molar-refractivity contribution in [2.75, 3.05) is 0 Å². The number of thioether (sulfide) groups is 1. The van der Waals surface area contributed by atoms with Gasteiger partial charge >= 0.3 is 0 Å². The van der Waals surface area contributed by atoms with E-state index in [2.05, 4.69) is 0 Å². The van der Waals surface area contributed by atoms with E-state index in [9.17, 15) is 4.79 Å². The SMILES string of the molecule is O=C(c1ccccc1)C(Cl)(Cl)SCc1ccccc1. The molecule has 1 nitrogen and oxygen atoms in total. The van der Waals surface area contributed by atoms with E-state index in [4.69, 9.17) is 23.2 Å². The summed E-state index contributed by atoms with van der Waals surface area (Å²) in [6.45, 7) is 0. The molecule has 0 aromatic heterocycles. The van der Waals surface area contributed by atoms with Gasteiger partial charge in [0.1, 0.15) is 0 Å². The number of benzene rings is 2. The molecule has 0 amide bonds. The summed E-state index contributed by atoms with van der Waals surface area (Å²) in [5.74, 6) is 0.309. The predicted molar refractivity (Wildman–Crippen MR) is 82.9 cm³/mol. The van der Waals surface area contributed by atoms with Crippen molar-refractivity contribution in [3.05, 3.63) is 71.8 Å². The average molecular weight is 311 g/mol. The molecule has 0 atom stereocenters. The Hall–Kier alpha value is -0.960. The van der Waals surface area contributed by atoms with Gasteiger partial charge in [-0.25, -0.2) is 0 Å². The molecule has 0 saturated heterocycles. The summed E-state index contributed by atoms with van der Waals surface area (Å²) in [6, 6.07) is 18.6. The number of hydrogen-bond donors (Lipinski definition) is 0. The lowest BCUT2D eigenvalue weighted by atomic mass is 10.1. The lowest BCUT2D eigenvalue weighted by molar-refractivity contribution is 0.0998. The van der Waals surface area contributed by atoms with Crippen molar-refractivity contribution in [1.82, 2.24) is 0 Å². The molecule has 2 rings (SSSR count). The third kappa shape index (κ3) is 4.00. The Bertz CT molecular complexity index is 541. The van der Waals surface area contributed by atoms with Gasteiger partial charge in [0.05, 0.1) is 0 Å². The second-order valence-electron chi connectivity index (χ2n) is 3.99. The molecule has 0 unspecified atom stereocenters. The summed E-state index contributed by atoms with van der Waals surface area (Å²) >= 11 is 13.5. The molecule has 0 heterocycles. The van der Waals surface area contributed by atoms with E-state index >= 15 is 0 Å². The van der Waals surface area contributed by atoms with E-state index in [0.717, 1.165) is 5.56 Å². The van der Waals surface area contributed by atoms with Gasteiger partial charge in [-0.1, -0.05) is 83.9 Å². The summed E-state index contributed by atoms with van der Waals surface area (Å²) in [5, 5.41) is 0. The van der Waals surface area contributed by atoms with E-state index in [1.54, 1.807) is 24.3 Å². The van der Waals surface area contributed by atoms with Crippen molar-refractivity contribution in [3.63, 3.8) is 0 Å². The van der Waals surface area contributed by atoms with Gasteiger partial charge in [-0.3, -0.25) is 4.79 Å². The maximum atomic E-state index is 12.2. The molecule has 98 valence electrons. The summed E-state index contributed by atoms with van der Waals surface area (Å²) in [7, 11) is 0. The first-order valence-corrected chi connectivity index (χ1v) is 7.49. The van der Waals surface area contributed by atoms with E-state index < -0.39 is 3.67 Å². The third-order valence-electron chi connectivity index (χ3n) is 2.56. The van der Waals surface area contributed by atoms with Crippen LogP contribution in [0.3, 0.4) is 0 Å². The molecule has 2 aromatic rings. The second-order valence-corrected chi connectivity index (χ2v) is 6.95. The van der Waals surface area contributed by atoms with E-state index in [1.807, 2.05) is 36.4 Å². The smallest absolute Gasteiger partial charge is 0.226 e. The molecule has 0 aliphatic rings. The number of ketones is 1. The first-order valence-electron chi connectivity index (χ1n) is 5.75. The van der Waals surface area contributed by atoms with Gasteiger partial charge in [0.2, 0.25) is 9.45 Å². The molecule has 0 saturated carbocycles. The summed E-state index contributed by atoms with van der Waals surface area (Å²) in [4.78, 5) is 12.2. The lowest BCUT2D eigenvalue weighted by Gasteiger charge is -2.17. The Morgan fingerprint density at radius 2 is 1.47 bits per heavy atom. The molecule has 0 radical (unpaired) electrons. The first kappa shape index (κ1) is 14.4. The van der Waals surface area contributed by atoms with Crippen molar-refractivity contribution in [2.24, 2.45) is 0 Å². The number of alkyl halides is 2. The molecule has 0 N–H and O–H groups in total. The van der Waals surface area contributed by atoms with Crippen LogP contribution in [0.25, 0.3) is 0 Å². The predicted octanol–water partition coefficient (Wildman–Crippen LogP) is 4.93. The van der Waals surface area contributed by atoms with Gasteiger partial charge in [0.15, 0.2) is 0 Å². The number of Topliss-reactive ketones (excluding diaryl/α,β-unsaturated/α-hetero) is 1. The molecule has 19 heavy (non-hydrogen) atoms. The molecule has 0 aliphatic heterocycles. The molecule has 0 aliphatic carbocycles. The normalized spacial score (nSPS) is 11.3. The van der Waals surface area contributed by atoms with Crippen LogP contribution in [-0.4, -0.2) is 9.45 Å². The minimum atomic E-state index is -1.46. The molecule has 0 spiro atoms. The van der Waals surface area contributed by atoms with Crippen molar-refractivity contribution in [3.8, 4) is 0 Å². The van der Waals surface area contributed by atoms with Crippen molar-refractivity contribution < 1.29 is 4.79 Å². The third-order valence-corrected chi connectivity index (χ3v) is 4.59. The van der Waals surface area contributed by atoms with Gasteiger partial charge in [0, 0.05) is 11.3 Å². The fourth-order valence-electron chi connectivity index (χ4n) is 1.57. The largest absolute Gasteiger partial charge is 0.290 e. The fourth-order valence-corrected chi connectivity index (χ4v) is 2.91. The fraction of sp³-hybridized carbons (Fsp3) is 0.133. The van der Waals surface area contributed by atoms with Gasteiger partial charge in [0.25, 0.3) is 0 Å². The number of halogens is 2. The highest BCUT2D eigenvalue weighted by molar-refractivity contribution is 8.03. The molecule has 4 heteroatoms. The standard InChI is InChI=1S/C15H12Cl2OS/c16-15(17,14(18)13-9-5-2-6-10-13)19-11-12-7-3-1-4-8-12/h1-10H,11H2. The van der Waals surface area contributed by atoms with Crippen molar-refractivity contribution >= 4 is 40.7 Å². The summed E-state index contributed by atoms with van der Waals surface area (Å²) in [6.07, 6.45) is 0. The maximum Gasteiger partial charge on any atom is 0.226 e. The Balaban J connectivity index is 2.04. The zero-order chi connectivity index (χ0) is 13.7. The van der Waals surface area contributed by atoms with Crippen LogP contribution in [0.4, 0.5) is 0 Å². The molecule has 0 fully saturated rings. The number of hydrogen-bond acceptors (Lipinski definition) is 2. The van der Waals surface area contributed by atoms with Gasteiger partial charge in [-0.05, 0) is 5.56 Å². The minimum Gasteiger partial charge on any atom is -0.290 e. The zero-order valence-electron chi connectivity index (χ0n) is 10.1. The first-order chi connectivity index (χ1) is 9.09. The Morgan fingerprint density at radius 3 is 2.05 bits per heavy atom. The van der Waals surface area contributed by atoms with Crippen molar-refractivity contribution in [2.45, 2.75) is 9.42 Å². The highest BCUT2D eigenvalue weighted by Gasteiger charge is 2.34. The van der Waals surface area contributed by atoms with Crippen LogP contribution >= 0.6 is 35.0 Å². The average Bonchev–Trinajstić information content (AvgIpc) is 2.46. The zero-order valence-corrected chi connectivity index (χ0v) is 12.4. The van der Waals surface area contributed by atoms with Crippen LogP contribution in [0.2, 0.25) is 0 Å². The quantitative estimate of drug-likeness (QED) is 0.575. The Kier molecular flexibility index (Phi) is 4.92. The van der Waals surface area contributed by atoms with Crippen LogP contribution in [0.5, 0.6) is 0 Å². The Morgan fingerprint density at radius 1 is 0.947 bits per heavy atom. The number of rotatable bonds is 5. The van der Waals surface area contributed by atoms with Crippen LogP contribution in [0.1, 0.15) is 15.9 Å². The molecular weight excluding hydrogens is 299 g/mol. The van der Waals surface area contributed by atoms with Crippen LogP contribution in [0, 0.1) is 0 Å². The van der Waals surface area contributed by atoms with E-state index in [0.29, 0.717) is 11.3 Å². The lowest BCUT2D eigenvalue weighted by Crippen LogP contribution is -2.22.